The van der Waals surface area contributed by atoms with E-state index >= 15 is 0 Å². The Labute approximate surface area is 272 Å². The number of fused-ring (bicyclic) bond motifs is 1. The molecule has 4 aromatic rings. The highest BCUT2D eigenvalue weighted by Gasteiger charge is 2.25. The molecule has 5 heterocycles. The maximum atomic E-state index is 13.5. The summed E-state index contributed by atoms with van der Waals surface area (Å²) in [4.78, 5) is 46.4. The van der Waals surface area contributed by atoms with Crippen LogP contribution in [0.15, 0.2) is 61.6 Å². The summed E-state index contributed by atoms with van der Waals surface area (Å²) in [6.07, 6.45) is 8.64. The van der Waals surface area contributed by atoms with E-state index in [0.717, 1.165) is 68.7 Å². The maximum Gasteiger partial charge on any atom is 0.253 e. The molecule has 240 valence electrons. The van der Waals surface area contributed by atoms with E-state index in [0.29, 0.717) is 53.4 Å². The number of piperidine rings is 1. The van der Waals surface area contributed by atoms with Gasteiger partial charge >= 0.3 is 0 Å². The molecule has 0 bridgehead atoms. The molecule has 6 rings (SSSR count). The number of nitrogens with one attached hydrogen (secondary N) is 3. The van der Waals surface area contributed by atoms with Crippen LogP contribution in [0.3, 0.4) is 0 Å². The largest absolute Gasteiger partial charge is 0.491 e. The van der Waals surface area contributed by atoms with Crippen molar-refractivity contribution in [2.45, 2.75) is 25.3 Å². The van der Waals surface area contributed by atoms with Gasteiger partial charge in [0, 0.05) is 67.7 Å². The number of halogens is 1. The highest BCUT2D eigenvalue weighted by atomic mass is 35.5. The molecule has 0 radical (unpaired) electrons. The Balaban J connectivity index is 1.07. The minimum absolute atomic E-state index is 0.0869. The van der Waals surface area contributed by atoms with Crippen molar-refractivity contribution in [3.8, 4) is 17.0 Å². The zero-order valence-corrected chi connectivity index (χ0v) is 26.3. The Bertz CT molecular complexity index is 1700. The van der Waals surface area contributed by atoms with Gasteiger partial charge in [-0.2, -0.15) is 0 Å². The number of rotatable bonds is 11. The highest BCUT2D eigenvalue weighted by Crippen LogP contribution is 2.32. The number of morpholine rings is 1. The zero-order chi connectivity index (χ0) is 31.9. The standard InChI is InChI=1S/C33H37ClN8O4/c1-2-29(43)39-27-7-6-22(19-28(27)46-16-4-11-41-14-17-45-18-15-41)32(44)42-12-8-23(9-13-42)38-33-37-21-26(34)30(40-33)25-20-36-31-24(25)5-3-10-35-31/h2-3,5-7,10,19-21,23H,1,4,8-9,11-18H2,(H,35,36)(H,39,43)(H,37,38,40). The first-order chi connectivity index (χ1) is 22.5. The number of H-pyrrole nitrogens is 1. The lowest BCUT2D eigenvalue weighted by molar-refractivity contribution is -0.111. The number of benzene rings is 1. The van der Waals surface area contributed by atoms with E-state index < -0.39 is 0 Å². The van der Waals surface area contributed by atoms with E-state index in [1.807, 2.05) is 23.2 Å². The molecule has 2 saturated heterocycles. The van der Waals surface area contributed by atoms with E-state index in [1.54, 1.807) is 30.6 Å². The number of nitrogens with zero attached hydrogens (tertiary/aromatic N) is 5. The first kappa shape index (κ1) is 31.5. The highest BCUT2D eigenvalue weighted by molar-refractivity contribution is 6.33. The first-order valence-corrected chi connectivity index (χ1v) is 15.9. The van der Waals surface area contributed by atoms with E-state index in [4.69, 9.17) is 26.1 Å². The molecule has 0 spiro atoms. The third kappa shape index (κ3) is 7.47. The van der Waals surface area contributed by atoms with E-state index in [9.17, 15) is 9.59 Å². The predicted octanol–water partition coefficient (Wildman–Crippen LogP) is 4.62. The van der Waals surface area contributed by atoms with Crippen LogP contribution in [-0.4, -0.2) is 100 Å². The number of hydrogen-bond donors (Lipinski definition) is 3. The fraction of sp³-hybridized carbons (Fsp3) is 0.364. The van der Waals surface area contributed by atoms with Gasteiger partial charge in [-0.15, -0.1) is 0 Å². The van der Waals surface area contributed by atoms with Crippen LogP contribution in [0, 0.1) is 0 Å². The number of carbonyl (C=O) groups is 2. The van der Waals surface area contributed by atoms with Gasteiger partial charge in [0.25, 0.3) is 5.91 Å². The molecule has 2 amide bonds. The number of carbonyl (C=O) groups excluding carboxylic acids is 2. The van der Waals surface area contributed by atoms with Crippen LogP contribution in [-0.2, 0) is 9.53 Å². The molecule has 13 heteroatoms. The summed E-state index contributed by atoms with van der Waals surface area (Å²) in [5, 5.41) is 7.59. The summed E-state index contributed by atoms with van der Waals surface area (Å²) in [5.41, 5.74) is 3.25. The number of anilines is 2. The molecule has 0 atom stereocenters. The predicted molar refractivity (Wildman–Crippen MR) is 177 cm³/mol. The fourth-order valence-electron chi connectivity index (χ4n) is 5.73. The monoisotopic (exact) mass is 644 g/mol. The molecule has 3 N–H and O–H groups in total. The van der Waals surface area contributed by atoms with Crippen LogP contribution >= 0.6 is 11.6 Å². The number of aromatic amines is 1. The summed E-state index contributed by atoms with van der Waals surface area (Å²) in [6.45, 7) is 9.32. The Morgan fingerprint density at radius 1 is 1.15 bits per heavy atom. The Morgan fingerprint density at radius 3 is 2.78 bits per heavy atom. The number of likely N-dealkylation sites (tertiary alicyclic amines) is 1. The lowest BCUT2D eigenvalue weighted by Gasteiger charge is -2.32. The van der Waals surface area contributed by atoms with E-state index in [-0.39, 0.29) is 17.9 Å². The molecule has 2 fully saturated rings. The SMILES string of the molecule is C=CC(=O)Nc1ccc(C(=O)N2CCC(Nc3ncc(Cl)c(-c4c[nH]c5ncccc45)n3)CC2)cc1OCCCN1CCOCC1. The molecule has 0 unspecified atom stereocenters. The average Bonchev–Trinajstić information content (AvgIpc) is 3.52. The Kier molecular flexibility index (Phi) is 10.1. The van der Waals surface area contributed by atoms with Gasteiger partial charge in [0.1, 0.15) is 11.4 Å². The lowest BCUT2D eigenvalue weighted by Crippen LogP contribution is -2.42. The van der Waals surface area contributed by atoms with E-state index in [1.165, 1.54) is 6.08 Å². The number of aromatic nitrogens is 4. The number of pyridine rings is 1. The minimum atomic E-state index is -0.345. The molecule has 0 saturated carbocycles. The molecular weight excluding hydrogens is 608 g/mol. The van der Waals surface area contributed by atoms with Gasteiger partial charge in [-0.25, -0.2) is 15.0 Å². The Morgan fingerprint density at radius 2 is 1.98 bits per heavy atom. The molecule has 2 aliphatic heterocycles. The molecular formula is C33H37ClN8O4. The minimum Gasteiger partial charge on any atom is -0.491 e. The molecule has 12 nitrogen and oxygen atoms in total. The van der Waals surface area contributed by atoms with Gasteiger partial charge < -0.3 is 30.0 Å². The van der Waals surface area contributed by atoms with E-state index in [2.05, 4.69) is 37.1 Å². The second-order valence-corrected chi connectivity index (χ2v) is 11.7. The number of ether oxygens (including phenoxy) is 2. The smallest absolute Gasteiger partial charge is 0.253 e. The van der Waals surface area contributed by atoms with Crippen LogP contribution in [0.25, 0.3) is 22.3 Å². The molecule has 2 aliphatic rings. The van der Waals surface area contributed by atoms with Gasteiger partial charge in [-0.1, -0.05) is 18.2 Å². The van der Waals surface area contributed by atoms with Crippen molar-refractivity contribution in [3.05, 3.63) is 72.2 Å². The summed E-state index contributed by atoms with van der Waals surface area (Å²) in [5.74, 6) is 0.509. The van der Waals surface area contributed by atoms with Gasteiger partial charge in [0.15, 0.2) is 0 Å². The lowest BCUT2D eigenvalue weighted by atomic mass is 10.0. The fourth-order valence-corrected chi connectivity index (χ4v) is 5.92. The van der Waals surface area contributed by atoms with Gasteiger partial charge in [0.05, 0.1) is 42.4 Å². The van der Waals surface area contributed by atoms with Crippen LogP contribution in [0.4, 0.5) is 11.6 Å². The van der Waals surface area contributed by atoms with Gasteiger partial charge in [-0.3, -0.25) is 14.5 Å². The number of amides is 2. The summed E-state index contributed by atoms with van der Waals surface area (Å²) < 4.78 is 11.5. The summed E-state index contributed by atoms with van der Waals surface area (Å²) in [7, 11) is 0. The van der Waals surface area contributed by atoms with Crippen molar-refractivity contribution in [1.29, 1.82) is 0 Å². The quantitative estimate of drug-likeness (QED) is 0.158. The zero-order valence-electron chi connectivity index (χ0n) is 25.5. The molecule has 0 aliphatic carbocycles. The summed E-state index contributed by atoms with van der Waals surface area (Å²) >= 11 is 6.49. The van der Waals surface area contributed by atoms with Crippen molar-refractivity contribution in [2.75, 3.05) is 63.2 Å². The third-order valence-electron chi connectivity index (χ3n) is 8.22. The van der Waals surface area contributed by atoms with Crippen molar-refractivity contribution in [3.63, 3.8) is 0 Å². The molecule has 1 aromatic carbocycles. The van der Waals surface area contributed by atoms with Crippen molar-refractivity contribution in [1.82, 2.24) is 29.7 Å². The van der Waals surface area contributed by atoms with Crippen LogP contribution in [0.5, 0.6) is 5.75 Å². The normalized spacial score (nSPS) is 15.9. The summed E-state index contributed by atoms with van der Waals surface area (Å²) in [6, 6.07) is 9.07. The first-order valence-electron chi connectivity index (χ1n) is 15.5. The van der Waals surface area contributed by atoms with Crippen molar-refractivity contribution < 1.29 is 19.1 Å². The molecule has 46 heavy (non-hydrogen) atoms. The Hall–Kier alpha value is -4.52. The van der Waals surface area contributed by atoms with Crippen molar-refractivity contribution >= 4 is 46.1 Å². The van der Waals surface area contributed by atoms with Gasteiger partial charge in [-0.05, 0) is 55.7 Å². The third-order valence-corrected chi connectivity index (χ3v) is 8.49. The topological polar surface area (TPSA) is 138 Å². The second kappa shape index (κ2) is 14.7. The average molecular weight is 645 g/mol. The van der Waals surface area contributed by atoms with Crippen LogP contribution in [0.2, 0.25) is 5.02 Å². The number of hydrogen-bond acceptors (Lipinski definition) is 9. The van der Waals surface area contributed by atoms with Crippen LogP contribution < -0.4 is 15.4 Å². The second-order valence-electron chi connectivity index (χ2n) is 11.3. The molecule has 3 aromatic heterocycles. The maximum absolute atomic E-state index is 13.5. The van der Waals surface area contributed by atoms with Crippen molar-refractivity contribution in [2.24, 2.45) is 0 Å². The van der Waals surface area contributed by atoms with Crippen LogP contribution in [0.1, 0.15) is 29.6 Å². The van der Waals surface area contributed by atoms with Gasteiger partial charge in [0.2, 0.25) is 11.9 Å².